The Hall–Kier alpha value is -1.91. The summed E-state index contributed by atoms with van der Waals surface area (Å²) in [6.45, 7) is 4.32. The van der Waals surface area contributed by atoms with Gasteiger partial charge in [-0.15, -0.1) is 0 Å². The van der Waals surface area contributed by atoms with Crippen molar-refractivity contribution in [2.24, 2.45) is 0 Å². The number of hydrogen-bond donors (Lipinski definition) is 2. The number of hydrogen-bond acceptors (Lipinski definition) is 3. The van der Waals surface area contributed by atoms with Crippen LogP contribution in [0.25, 0.3) is 0 Å². The van der Waals surface area contributed by atoms with E-state index >= 15 is 0 Å². The van der Waals surface area contributed by atoms with Crippen molar-refractivity contribution < 1.29 is 14.6 Å². The summed E-state index contributed by atoms with van der Waals surface area (Å²) >= 11 is 12.4. The first-order valence-electron chi connectivity index (χ1n) is 7.08. The molecule has 0 unspecified atom stereocenters. The monoisotopic (exact) mass is 353 g/mol. The second-order valence-corrected chi connectivity index (χ2v) is 6.11. The molecule has 4 nitrogen and oxygen atoms in total. The van der Waals surface area contributed by atoms with Crippen molar-refractivity contribution >= 4 is 34.9 Å². The molecule has 23 heavy (non-hydrogen) atoms. The molecule has 6 heteroatoms. The number of aromatic carboxylic acids is 1. The molecule has 0 amide bonds. The van der Waals surface area contributed by atoms with Gasteiger partial charge in [-0.25, -0.2) is 4.79 Å². The zero-order valence-electron chi connectivity index (χ0n) is 12.8. The summed E-state index contributed by atoms with van der Waals surface area (Å²) in [5.74, 6) is -0.464. The highest BCUT2D eigenvalue weighted by Crippen LogP contribution is 2.35. The Morgan fingerprint density at radius 1 is 1.17 bits per heavy atom. The number of ether oxygens (including phenoxy) is 1. The third-order valence-corrected chi connectivity index (χ3v) is 3.60. The highest BCUT2D eigenvalue weighted by atomic mass is 35.5. The number of halogens is 2. The molecule has 0 saturated heterocycles. The third kappa shape index (κ3) is 4.78. The van der Waals surface area contributed by atoms with Crippen LogP contribution in [-0.2, 0) is 6.54 Å². The quantitative estimate of drug-likeness (QED) is 0.759. The molecule has 0 aromatic heterocycles. The van der Waals surface area contributed by atoms with E-state index in [1.54, 1.807) is 36.4 Å². The maximum absolute atomic E-state index is 10.8. The Bertz CT molecular complexity index is 676. The zero-order chi connectivity index (χ0) is 17.0. The van der Waals surface area contributed by atoms with Crippen LogP contribution in [0.15, 0.2) is 36.4 Å². The van der Waals surface area contributed by atoms with Crippen LogP contribution in [0, 0.1) is 0 Å². The van der Waals surface area contributed by atoms with Crippen LogP contribution in [-0.4, -0.2) is 17.2 Å². The van der Waals surface area contributed by atoms with Crippen molar-refractivity contribution in [1.82, 2.24) is 0 Å². The predicted molar refractivity (Wildman–Crippen MR) is 93.0 cm³/mol. The predicted octanol–water partition coefficient (Wildman–Crippen LogP) is 5.09. The Balaban J connectivity index is 2.07. The molecule has 0 aliphatic rings. The lowest BCUT2D eigenvalue weighted by atomic mass is 10.2. The van der Waals surface area contributed by atoms with Gasteiger partial charge in [0.1, 0.15) is 0 Å². The van der Waals surface area contributed by atoms with Gasteiger partial charge in [0.2, 0.25) is 0 Å². The van der Waals surface area contributed by atoms with Gasteiger partial charge >= 0.3 is 5.97 Å². The smallest absolute Gasteiger partial charge is 0.335 e. The van der Waals surface area contributed by atoms with Gasteiger partial charge in [0.05, 0.1) is 21.7 Å². The fourth-order valence-corrected chi connectivity index (χ4v) is 2.62. The van der Waals surface area contributed by atoms with Crippen molar-refractivity contribution in [2.45, 2.75) is 26.5 Å². The second kappa shape index (κ2) is 7.57. The third-order valence-electron chi connectivity index (χ3n) is 3.04. The Morgan fingerprint density at radius 3 is 2.22 bits per heavy atom. The number of anilines is 1. The van der Waals surface area contributed by atoms with Crippen LogP contribution in [0.1, 0.15) is 29.8 Å². The molecule has 0 aliphatic heterocycles. The van der Waals surface area contributed by atoms with Crippen molar-refractivity contribution in [1.29, 1.82) is 0 Å². The van der Waals surface area contributed by atoms with Crippen LogP contribution in [0.5, 0.6) is 5.75 Å². The lowest BCUT2D eigenvalue weighted by Gasteiger charge is -2.15. The van der Waals surface area contributed by atoms with Gasteiger partial charge in [0.25, 0.3) is 0 Å². The van der Waals surface area contributed by atoms with Gasteiger partial charge in [0, 0.05) is 12.2 Å². The summed E-state index contributed by atoms with van der Waals surface area (Å²) in [7, 11) is 0. The van der Waals surface area contributed by atoms with Crippen LogP contribution in [0.3, 0.4) is 0 Å². The number of nitrogens with one attached hydrogen (secondary N) is 1. The molecule has 0 radical (unpaired) electrons. The molecule has 122 valence electrons. The van der Waals surface area contributed by atoms with E-state index in [9.17, 15) is 4.79 Å². The molecule has 0 saturated carbocycles. The Morgan fingerprint density at radius 2 is 1.74 bits per heavy atom. The van der Waals surface area contributed by atoms with E-state index in [1.807, 2.05) is 13.8 Å². The van der Waals surface area contributed by atoms with E-state index in [0.717, 1.165) is 11.3 Å². The molecule has 2 aromatic rings. The highest BCUT2D eigenvalue weighted by molar-refractivity contribution is 6.37. The maximum atomic E-state index is 10.8. The summed E-state index contributed by atoms with van der Waals surface area (Å²) < 4.78 is 5.59. The number of carboxylic acids is 1. The van der Waals surface area contributed by atoms with E-state index < -0.39 is 5.97 Å². The molecular formula is C17H17Cl2NO3. The molecule has 0 spiro atoms. The van der Waals surface area contributed by atoms with Crippen LogP contribution in [0.2, 0.25) is 10.0 Å². The zero-order valence-corrected chi connectivity index (χ0v) is 14.3. The number of carbonyl (C=O) groups is 1. The SMILES string of the molecule is CC(C)Oc1c(Cl)cc(CNc2ccc(C(=O)O)cc2)cc1Cl. The van der Waals surface area contributed by atoms with E-state index in [-0.39, 0.29) is 11.7 Å². The standard InChI is InChI=1S/C17H17Cl2NO3/c1-10(2)23-16-14(18)7-11(8-15(16)19)9-20-13-5-3-12(4-6-13)17(21)22/h3-8,10,20H,9H2,1-2H3,(H,21,22). The van der Waals surface area contributed by atoms with Gasteiger partial charge in [-0.3, -0.25) is 0 Å². The van der Waals surface area contributed by atoms with Crippen molar-refractivity contribution in [3.63, 3.8) is 0 Å². The normalized spacial score (nSPS) is 10.7. The highest BCUT2D eigenvalue weighted by Gasteiger charge is 2.11. The minimum absolute atomic E-state index is 0.0123. The van der Waals surface area contributed by atoms with Gasteiger partial charge in [-0.2, -0.15) is 0 Å². The van der Waals surface area contributed by atoms with Crippen LogP contribution in [0.4, 0.5) is 5.69 Å². The van der Waals surface area contributed by atoms with Gasteiger partial charge in [0.15, 0.2) is 5.75 Å². The van der Waals surface area contributed by atoms with Crippen molar-refractivity contribution in [3.8, 4) is 5.75 Å². The van der Waals surface area contributed by atoms with E-state index in [1.165, 1.54) is 0 Å². The Kier molecular flexibility index (Phi) is 5.74. The molecule has 0 aliphatic carbocycles. The van der Waals surface area contributed by atoms with E-state index in [4.69, 9.17) is 33.0 Å². The second-order valence-electron chi connectivity index (χ2n) is 5.29. The lowest BCUT2D eigenvalue weighted by molar-refractivity contribution is 0.0697. The lowest BCUT2D eigenvalue weighted by Crippen LogP contribution is -2.07. The largest absolute Gasteiger partial charge is 0.488 e. The van der Waals surface area contributed by atoms with Crippen LogP contribution < -0.4 is 10.1 Å². The van der Waals surface area contributed by atoms with Crippen LogP contribution >= 0.6 is 23.2 Å². The summed E-state index contributed by atoms with van der Waals surface area (Å²) in [5, 5.41) is 13.0. The first-order chi connectivity index (χ1) is 10.9. The molecule has 0 atom stereocenters. The topological polar surface area (TPSA) is 58.6 Å². The minimum atomic E-state index is -0.948. The molecule has 0 bridgehead atoms. The van der Waals surface area contributed by atoms with Crippen molar-refractivity contribution in [3.05, 3.63) is 57.6 Å². The summed E-state index contributed by atoms with van der Waals surface area (Å²) in [6.07, 6.45) is -0.0123. The van der Waals surface area contributed by atoms with E-state index in [0.29, 0.717) is 22.3 Å². The fourth-order valence-electron chi connectivity index (χ4n) is 2.00. The summed E-state index contributed by atoms with van der Waals surface area (Å²) in [5.41, 5.74) is 1.96. The van der Waals surface area contributed by atoms with E-state index in [2.05, 4.69) is 5.32 Å². The summed E-state index contributed by atoms with van der Waals surface area (Å²) in [6, 6.07) is 10.1. The molecule has 0 heterocycles. The average Bonchev–Trinajstić information content (AvgIpc) is 2.49. The molecule has 2 N–H and O–H groups in total. The van der Waals surface area contributed by atoms with Gasteiger partial charge < -0.3 is 15.2 Å². The maximum Gasteiger partial charge on any atom is 0.335 e. The number of benzene rings is 2. The minimum Gasteiger partial charge on any atom is -0.488 e. The van der Waals surface area contributed by atoms with Gasteiger partial charge in [-0.1, -0.05) is 23.2 Å². The molecule has 2 rings (SSSR count). The van der Waals surface area contributed by atoms with Crippen molar-refractivity contribution in [2.75, 3.05) is 5.32 Å². The number of carboxylic acid groups (broad SMARTS) is 1. The Labute approximate surface area is 145 Å². The average molecular weight is 354 g/mol. The molecular weight excluding hydrogens is 337 g/mol. The first kappa shape index (κ1) is 17.4. The molecule has 0 fully saturated rings. The number of rotatable bonds is 6. The fraction of sp³-hybridized carbons (Fsp3) is 0.235. The van der Waals surface area contributed by atoms with Gasteiger partial charge in [-0.05, 0) is 55.8 Å². The first-order valence-corrected chi connectivity index (χ1v) is 7.84. The molecule has 2 aromatic carbocycles. The summed E-state index contributed by atoms with van der Waals surface area (Å²) in [4.78, 5) is 10.8.